The van der Waals surface area contributed by atoms with E-state index in [1.165, 1.54) is 0 Å². The number of ether oxygens (including phenoxy) is 1. The molecule has 0 aromatic carbocycles. The quantitative estimate of drug-likeness (QED) is 0.705. The molecule has 0 aromatic heterocycles. The third-order valence-corrected chi connectivity index (χ3v) is 5.15. The Kier molecular flexibility index (Phi) is 4.24. The van der Waals surface area contributed by atoms with Gasteiger partial charge in [0.05, 0.1) is 30.8 Å². The van der Waals surface area contributed by atoms with Gasteiger partial charge in [0, 0.05) is 19.5 Å². The number of hydrogen-bond acceptors (Lipinski definition) is 5. The van der Waals surface area contributed by atoms with Crippen molar-refractivity contribution in [3.05, 3.63) is 0 Å². The lowest BCUT2D eigenvalue weighted by Gasteiger charge is -2.40. The smallest absolute Gasteiger partial charge is 0.236 e. The molecular formula is C11H20N2O4S. The topological polar surface area (TPSA) is 66.9 Å². The predicted molar refractivity (Wildman–Crippen MR) is 66.6 cm³/mol. The number of rotatable bonds is 3. The molecule has 2 aliphatic rings. The van der Waals surface area contributed by atoms with E-state index in [1.54, 1.807) is 11.9 Å². The van der Waals surface area contributed by atoms with Gasteiger partial charge >= 0.3 is 0 Å². The van der Waals surface area contributed by atoms with E-state index >= 15 is 0 Å². The second-order valence-corrected chi connectivity index (χ2v) is 6.94. The van der Waals surface area contributed by atoms with Gasteiger partial charge in [-0.2, -0.15) is 0 Å². The van der Waals surface area contributed by atoms with Crippen molar-refractivity contribution in [2.75, 3.05) is 37.8 Å². The van der Waals surface area contributed by atoms with Crippen LogP contribution in [0.3, 0.4) is 0 Å². The first kappa shape index (κ1) is 13.8. The highest BCUT2D eigenvalue weighted by atomic mass is 32.2. The zero-order valence-electron chi connectivity index (χ0n) is 10.7. The van der Waals surface area contributed by atoms with Crippen LogP contribution < -0.4 is 0 Å². The number of amides is 1. The molecule has 2 rings (SSSR count). The van der Waals surface area contributed by atoms with Crippen LogP contribution in [0.4, 0.5) is 0 Å². The lowest BCUT2D eigenvalue weighted by Crippen LogP contribution is -2.56. The second-order valence-electron chi connectivity index (χ2n) is 4.71. The molecule has 1 amide bonds. The number of sulfone groups is 1. The van der Waals surface area contributed by atoms with Crippen LogP contribution in [-0.4, -0.2) is 68.2 Å². The molecule has 2 saturated heterocycles. The highest BCUT2D eigenvalue weighted by molar-refractivity contribution is 7.91. The Morgan fingerprint density at radius 1 is 1.39 bits per heavy atom. The SMILES string of the molecule is CCC(=O)N(C1CCS(=O)(=O)C1)N1CCOCC1. The minimum absolute atomic E-state index is 0.000926. The average molecular weight is 276 g/mol. The van der Waals surface area contributed by atoms with Crippen molar-refractivity contribution in [3.8, 4) is 0 Å². The van der Waals surface area contributed by atoms with Gasteiger partial charge in [-0.05, 0) is 6.42 Å². The van der Waals surface area contributed by atoms with Crippen LogP contribution in [0.5, 0.6) is 0 Å². The molecule has 1 atom stereocenters. The lowest BCUT2D eigenvalue weighted by atomic mass is 10.2. The zero-order chi connectivity index (χ0) is 13.2. The second kappa shape index (κ2) is 5.54. The Morgan fingerprint density at radius 3 is 2.56 bits per heavy atom. The summed E-state index contributed by atoms with van der Waals surface area (Å²) >= 11 is 0. The molecule has 7 heteroatoms. The Bertz CT molecular complexity index is 403. The molecule has 0 bridgehead atoms. The molecule has 0 N–H and O–H groups in total. The summed E-state index contributed by atoms with van der Waals surface area (Å²) in [6.45, 7) is 4.30. The predicted octanol–water partition coefficient (Wildman–Crippen LogP) is -0.341. The zero-order valence-corrected chi connectivity index (χ0v) is 11.5. The molecule has 0 aromatic rings. The first-order valence-corrected chi connectivity index (χ1v) is 8.20. The van der Waals surface area contributed by atoms with Gasteiger partial charge in [0.15, 0.2) is 9.84 Å². The van der Waals surface area contributed by atoms with Crippen LogP contribution >= 0.6 is 0 Å². The lowest BCUT2D eigenvalue weighted by molar-refractivity contribution is -0.162. The van der Waals surface area contributed by atoms with Gasteiger partial charge in [-0.25, -0.2) is 13.4 Å². The summed E-state index contributed by atoms with van der Waals surface area (Å²) in [7, 11) is -2.97. The average Bonchev–Trinajstić information content (AvgIpc) is 2.71. The fraction of sp³-hybridized carbons (Fsp3) is 0.909. The molecule has 18 heavy (non-hydrogen) atoms. The van der Waals surface area contributed by atoms with Crippen LogP contribution in [-0.2, 0) is 19.4 Å². The fourth-order valence-electron chi connectivity index (χ4n) is 2.49. The Hall–Kier alpha value is -0.660. The fourth-order valence-corrected chi connectivity index (χ4v) is 4.18. The maximum absolute atomic E-state index is 12.1. The number of nitrogens with zero attached hydrogens (tertiary/aromatic N) is 2. The van der Waals surface area contributed by atoms with Crippen molar-refractivity contribution in [2.24, 2.45) is 0 Å². The summed E-state index contributed by atoms with van der Waals surface area (Å²) in [6, 6.07) is -0.194. The van der Waals surface area contributed by atoms with Crippen molar-refractivity contribution in [1.82, 2.24) is 10.0 Å². The van der Waals surface area contributed by atoms with Gasteiger partial charge < -0.3 is 4.74 Å². The van der Waals surface area contributed by atoms with E-state index in [0.717, 1.165) is 0 Å². The molecular weight excluding hydrogens is 256 g/mol. The molecule has 2 aliphatic heterocycles. The van der Waals surface area contributed by atoms with E-state index in [9.17, 15) is 13.2 Å². The molecule has 6 nitrogen and oxygen atoms in total. The highest BCUT2D eigenvalue weighted by Crippen LogP contribution is 2.21. The molecule has 0 radical (unpaired) electrons. The minimum Gasteiger partial charge on any atom is -0.379 e. The Balaban J connectivity index is 2.12. The van der Waals surface area contributed by atoms with Crippen LogP contribution in [0.1, 0.15) is 19.8 Å². The van der Waals surface area contributed by atoms with Gasteiger partial charge in [-0.15, -0.1) is 0 Å². The third-order valence-electron chi connectivity index (χ3n) is 3.40. The molecule has 2 heterocycles. The van der Waals surface area contributed by atoms with Crippen molar-refractivity contribution in [2.45, 2.75) is 25.8 Å². The minimum atomic E-state index is -2.97. The van der Waals surface area contributed by atoms with Gasteiger partial charge in [0.1, 0.15) is 0 Å². The van der Waals surface area contributed by atoms with Gasteiger partial charge in [-0.1, -0.05) is 6.92 Å². The molecule has 0 spiro atoms. The summed E-state index contributed by atoms with van der Waals surface area (Å²) < 4.78 is 28.4. The Morgan fingerprint density at radius 2 is 2.06 bits per heavy atom. The van der Waals surface area contributed by atoms with Gasteiger partial charge in [-0.3, -0.25) is 9.80 Å². The van der Waals surface area contributed by atoms with Crippen molar-refractivity contribution in [1.29, 1.82) is 0 Å². The van der Waals surface area contributed by atoms with Crippen molar-refractivity contribution in [3.63, 3.8) is 0 Å². The van der Waals surface area contributed by atoms with E-state index in [4.69, 9.17) is 4.74 Å². The monoisotopic (exact) mass is 276 g/mol. The summed E-state index contributed by atoms with van der Waals surface area (Å²) in [6.07, 6.45) is 0.944. The maximum Gasteiger partial charge on any atom is 0.236 e. The largest absolute Gasteiger partial charge is 0.379 e. The third kappa shape index (κ3) is 3.02. The van der Waals surface area contributed by atoms with E-state index in [2.05, 4.69) is 0 Å². The first-order valence-electron chi connectivity index (χ1n) is 6.38. The summed E-state index contributed by atoms with van der Waals surface area (Å²) in [5, 5.41) is 3.62. The molecule has 104 valence electrons. The van der Waals surface area contributed by atoms with Crippen LogP contribution in [0.25, 0.3) is 0 Å². The van der Waals surface area contributed by atoms with Crippen LogP contribution in [0, 0.1) is 0 Å². The summed E-state index contributed by atoms with van der Waals surface area (Å²) in [5.74, 6) is 0.282. The molecule has 0 aliphatic carbocycles. The number of hydrazine groups is 1. The standard InChI is InChI=1S/C11H20N2O4S/c1-2-11(14)13(12-4-6-17-7-5-12)10-3-8-18(15,16)9-10/h10H,2-9H2,1H3. The molecule has 2 fully saturated rings. The number of carbonyl (C=O) groups is 1. The van der Waals surface area contributed by atoms with Crippen molar-refractivity contribution < 1.29 is 17.9 Å². The highest BCUT2D eigenvalue weighted by Gasteiger charge is 2.37. The summed E-state index contributed by atoms with van der Waals surface area (Å²) in [4.78, 5) is 12.1. The number of carbonyl (C=O) groups excluding carboxylic acids is 1. The molecule has 1 unspecified atom stereocenters. The van der Waals surface area contributed by atoms with E-state index < -0.39 is 9.84 Å². The molecule has 0 saturated carbocycles. The van der Waals surface area contributed by atoms with E-state index in [0.29, 0.717) is 39.1 Å². The summed E-state index contributed by atoms with van der Waals surface area (Å²) in [5.41, 5.74) is 0. The van der Waals surface area contributed by atoms with Gasteiger partial charge in [0.25, 0.3) is 0 Å². The Labute approximate surface area is 108 Å². The first-order chi connectivity index (χ1) is 8.53. The van der Waals surface area contributed by atoms with Crippen LogP contribution in [0.15, 0.2) is 0 Å². The normalized spacial score (nSPS) is 28.2. The van der Waals surface area contributed by atoms with Gasteiger partial charge in [0.2, 0.25) is 5.91 Å². The van der Waals surface area contributed by atoms with E-state index in [1.807, 2.05) is 5.01 Å². The number of hydrogen-bond donors (Lipinski definition) is 0. The van der Waals surface area contributed by atoms with Crippen molar-refractivity contribution >= 4 is 15.7 Å². The maximum atomic E-state index is 12.1. The van der Waals surface area contributed by atoms with E-state index in [-0.39, 0.29) is 23.5 Å². The number of morpholine rings is 1. The van der Waals surface area contributed by atoms with Crippen LogP contribution in [0.2, 0.25) is 0 Å².